The van der Waals surface area contributed by atoms with E-state index in [1.54, 1.807) is 10.8 Å². The maximum atomic E-state index is 11.9. The van der Waals surface area contributed by atoms with Gasteiger partial charge in [0.15, 0.2) is 0 Å². The summed E-state index contributed by atoms with van der Waals surface area (Å²) in [6, 6.07) is 0. The number of carbonyl (C=O) groups is 1. The molecule has 32 heavy (non-hydrogen) atoms. The Balaban J connectivity index is 1.85. The molecule has 8 heteroatoms. The van der Waals surface area contributed by atoms with Crippen LogP contribution >= 0.6 is 11.6 Å². The molecule has 0 saturated heterocycles. The second-order valence-corrected chi connectivity index (χ2v) is 11.1. The fourth-order valence-electron chi connectivity index (χ4n) is 4.48. The van der Waals surface area contributed by atoms with Crippen LogP contribution < -0.4 is 4.72 Å². The van der Waals surface area contributed by atoms with Crippen molar-refractivity contribution in [2.24, 2.45) is 11.3 Å². The molecule has 174 valence electrons. The molecule has 2 saturated carbocycles. The topological polar surface area (TPSA) is 75.7 Å². The number of hydrogen-bond donors (Lipinski definition) is 1. The summed E-state index contributed by atoms with van der Waals surface area (Å²) in [6.45, 7) is 13.9. The second-order valence-electron chi connectivity index (χ2n) is 8.81. The van der Waals surface area contributed by atoms with E-state index >= 15 is 0 Å². The molecule has 0 aromatic carbocycles. The van der Waals surface area contributed by atoms with E-state index < -0.39 is 10.0 Å². The number of ether oxygens (including phenoxy) is 1. The molecule has 1 amide bonds. The fourth-order valence-corrected chi connectivity index (χ4v) is 5.14. The molecular weight excluding hydrogens is 448 g/mol. The summed E-state index contributed by atoms with van der Waals surface area (Å²) < 4.78 is 31.8. The van der Waals surface area contributed by atoms with Crippen molar-refractivity contribution in [3.63, 3.8) is 0 Å². The zero-order valence-corrected chi connectivity index (χ0v) is 19.9. The van der Waals surface area contributed by atoms with Crippen molar-refractivity contribution >= 4 is 28.0 Å². The van der Waals surface area contributed by atoms with Gasteiger partial charge in [0.25, 0.3) is 10.0 Å². The second kappa shape index (κ2) is 10.1. The standard InChI is InChI=1S/C24H31ClN2O4S/c1-18(25)12-22-8-5-11-24(20(22)3)15-27(13-21-6-4-7-21)14-23(31-16-24)10-9-19(2)32(29,30)26-17-28/h9-10,12,14,17,21H,1-8,11,13,15-16H2,(H,26,28)/b10-9-,22-12-. The molecule has 2 aliphatic carbocycles. The number of hydrogen-bond acceptors (Lipinski definition) is 5. The maximum absolute atomic E-state index is 11.9. The normalized spacial score (nSPS) is 25.8. The SMILES string of the molecule is C=C(Cl)/C=C1/CCCC2(COC(/C=C\C(=C)S(=O)(=O)NC=O)=CN(CC3CCC3)C2)C1=C. The van der Waals surface area contributed by atoms with Crippen molar-refractivity contribution in [2.45, 2.75) is 38.5 Å². The Bertz CT molecular complexity index is 991. The van der Waals surface area contributed by atoms with Crippen LogP contribution in [0.1, 0.15) is 38.5 Å². The van der Waals surface area contributed by atoms with E-state index in [2.05, 4.69) is 24.6 Å². The van der Waals surface area contributed by atoms with Crippen molar-refractivity contribution in [1.82, 2.24) is 9.62 Å². The quantitative estimate of drug-likeness (QED) is 0.410. The molecule has 0 radical (unpaired) electrons. The summed E-state index contributed by atoms with van der Waals surface area (Å²) in [5, 5.41) is 0.490. The third kappa shape index (κ3) is 5.75. The predicted octanol–water partition coefficient (Wildman–Crippen LogP) is 4.51. The maximum Gasteiger partial charge on any atom is 0.263 e. The van der Waals surface area contributed by atoms with Gasteiger partial charge in [0, 0.05) is 29.7 Å². The Hall–Kier alpha value is -2.25. The van der Waals surface area contributed by atoms with Crippen LogP contribution in [0.4, 0.5) is 0 Å². The van der Waals surface area contributed by atoms with E-state index in [1.807, 2.05) is 12.3 Å². The van der Waals surface area contributed by atoms with Crippen LogP contribution in [0.2, 0.25) is 0 Å². The minimum atomic E-state index is -3.94. The van der Waals surface area contributed by atoms with Gasteiger partial charge in [-0.1, -0.05) is 37.8 Å². The Kier molecular flexibility index (Phi) is 7.72. The van der Waals surface area contributed by atoms with Crippen LogP contribution in [-0.2, 0) is 19.6 Å². The highest BCUT2D eigenvalue weighted by atomic mass is 35.5. The molecule has 3 rings (SSSR count). The lowest BCUT2D eigenvalue weighted by Crippen LogP contribution is -2.42. The van der Waals surface area contributed by atoms with Crippen LogP contribution in [0.3, 0.4) is 0 Å². The van der Waals surface area contributed by atoms with Crippen molar-refractivity contribution in [1.29, 1.82) is 0 Å². The Morgan fingerprint density at radius 1 is 1.34 bits per heavy atom. The average molecular weight is 479 g/mol. The summed E-state index contributed by atoms with van der Waals surface area (Å²) in [7, 11) is -3.94. The van der Waals surface area contributed by atoms with E-state index in [-0.39, 0.29) is 16.7 Å². The highest BCUT2D eigenvalue weighted by Crippen LogP contribution is 2.46. The van der Waals surface area contributed by atoms with Gasteiger partial charge >= 0.3 is 0 Å². The number of nitrogens with one attached hydrogen (secondary N) is 1. The predicted molar refractivity (Wildman–Crippen MR) is 128 cm³/mol. The van der Waals surface area contributed by atoms with E-state index in [0.717, 1.165) is 43.5 Å². The van der Waals surface area contributed by atoms with Crippen LogP contribution in [0, 0.1) is 11.3 Å². The molecule has 1 atom stereocenters. The number of nitrogens with zero attached hydrogens (tertiary/aromatic N) is 1. The van der Waals surface area contributed by atoms with Crippen molar-refractivity contribution in [2.75, 3.05) is 19.7 Å². The summed E-state index contributed by atoms with van der Waals surface area (Å²) in [4.78, 5) is 12.6. The summed E-state index contributed by atoms with van der Waals surface area (Å²) in [5.41, 5.74) is 1.89. The molecule has 1 N–H and O–H groups in total. The monoisotopic (exact) mass is 478 g/mol. The average Bonchev–Trinajstić information content (AvgIpc) is 2.86. The Labute approximate surface area is 196 Å². The van der Waals surface area contributed by atoms with Crippen molar-refractivity contribution < 1.29 is 17.9 Å². The molecule has 1 heterocycles. The molecule has 1 aliphatic heterocycles. The lowest BCUT2D eigenvalue weighted by Gasteiger charge is -2.43. The number of rotatable bonds is 8. The number of halogens is 1. The van der Waals surface area contributed by atoms with Gasteiger partial charge in [-0.3, -0.25) is 9.52 Å². The molecule has 0 bridgehead atoms. The van der Waals surface area contributed by atoms with E-state index in [9.17, 15) is 13.2 Å². The highest BCUT2D eigenvalue weighted by Gasteiger charge is 2.41. The highest BCUT2D eigenvalue weighted by molar-refractivity contribution is 7.94. The van der Waals surface area contributed by atoms with Crippen molar-refractivity contribution in [3.05, 3.63) is 71.0 Å². The number of amides is 1. The first kappa shape index (κ1) is 24.4. The molecule has 1 spiro atoms. The third-order valence-corrected chi connectivity index (χ3v) is 7.83. The minimum absolute atomic E-state index is 0.120. The summed E-state index contributed by atoms with van der Waals surface area (Å²) in [6.07, 6.45) is 13.5. The van der Waals surface area contributed by atoms with Crippen LogP contribution in [0.15, 0.2) is 71.0 Å². The largest absolute Gasteiger partial charge is 0.491 e. The van der Waals surface area contributed by atoms with Crippen molar-refractivity contribution in [3.8, 4) is 0 Å². The van der Waals surface area contributed by atoms with E-state index in [1.165, 1.54) is 25.3 Å². The molecule has 0 aromatic heterocycles. The lowest BCUT2D eigenvalue weighted by atomic mass is 9.68. The molecular formula is C24H31ClN2O4S. The first-order valence-corrected chi connectivity index (χ1v) is 12.7. The summed E-state index contributed by atoms with van der Waals surface area (Å²) >= 11 is 6.06. The first-order chi connectivity index (χ1) is 15.1. The van der Waals surface area contributed by atoms with Gasteiger partial charge in [-0.05, 0) is 67.4 Å². The van der Waals surface area contributed by atoms with E-state index in [0.29, 0.717) is 23.3 Å². The first-order valence-electron chi connectivity index (χ1n) is 10.8. The molecule has 2 fully saturated rings. The lowest BCUT2D eigenvalue weighted by molar-refractivity contribution is -0.108. The van der Waals surface area contributed by atoms with Gasteiger partial charge in [-0.15, -0.1) is 0 Å². The van der Waals surface area contributed by atoms with Gasteiger partial charge in [0.2, 0.25) is 6.41 Å². The van der Waals surface area contributed by atoms with Gasteiger partial charge < -0.3 is 9.64 Å². The van der Waals surface area contributed by atoms with Crippen LogP contribution in [0.25, 0.3) is 0 Å². The molecule has 6 nitrogen and oxygen atoms in total. The number of carbonyl (C=O) groups excluding carboxylic acids is 1. The Morgan fingerprint density at radius 3 is 2.72 bits per heavy atom. The molecule has 0 aromatic rings. The smallest absolute Gasteiger partial charge is 0.263 e. The number of sulfonamides is 1. The van der Waals surface area contributed by atoms with Crippen LogP contribution in [-0.4, -0.2) is 39.4 Å². The minimum Gasteiger partial charge on any atom is -0.491 e. The van der Waals surface area contributed by atoms with Crippen LogP contribution in [0.5, 0.6) is 0 Å². The fraction of sp³-hybridized carbons (Fsp3) is 0.458. The number of allylic oxidation sites excluding steroid dienone is 5. The zero-order chi connectivity index (χ0) is 23.4. The van der Waals surface area contributed by atoms with Gasteiger partial charge in [0.1, 0.15) is 5.76 Å². The molecule has 3 aliphatic rings. The third-order valence-electron chi connectivity index (χ3n) is 6.49. The zero-order valence-electron chi connectivity index (χ0n) is 18.3. The Morgan fingerprint density at radius 2 is 2.09 bits per heavy atom. The van der Waals surface area contributed by atoms with Gasteiger partial charge in [-0.25, -0.2) is 8.42 Å². The van der Waals surface area contributed by atoms with Gasteiger partial charge in [0.05, 0.1) is 11.5 Å². The van der Waals surface area contributed by atoms with E-state index in [4.69, 9.17) is 16.3 Å². The summed E-state index contributed by atoms with van der Waals surface area (Å²) in [5.74, 6) is 1.20. The van der Waals surface area contributed by atoms with Gasteiger partial charge in [-0.2, -0.15) is 0 Å². The molecule has 1 unspecified atom stereocenters.